The van der Waals surface area contributed by atoms with Gasteiger partial charge in [0.1, 0.15) is 23.2 Å². The maximum atomic E-state index is 13.1. The zero-order chi connectivity index (χ0) is 25.1. The highest BCUT2D eigenvalue weighted by molar-refractivity contribution is 5.94. The smallest absolute Gasteiger partial charge is 0.253 e. The molecule has 10 heteroatoms. The third-order valence-corrected chi connectivity index (χ3v) is 6.91. The fourth-order valence-corrected chi connectivity index (χ4v) is 4.83. The van der Waals surface area contributed by atoms with Crippen LogP contribution in [0.25, 0.3) is 0 Å². The number of nitrogens with zero attached hydrogens (tertiary/aromatic N) is 6. The minimum atomic E-state index is 0.0414. The second kappa shape index (κ2) is 10.5. The fraction of sp³-hybridized carbons (Fsp3) is 0.462. The monoisotopic (exact) mass is 490 g/mol. The van der Waals surface area contributed by atoms with Crippen molar-refractivity contribution in [1.82, 2.24) is 30.0 Å². The van der Waals surface area contributed by atoms with Gasteiger partial charge in [-0.15, -0.1) is 0 Å². The van der Waals surface area contributed by atoms with Crippen LogP contribution in [-0.2, 0) is 6.42 Å². The molecule has 0 bridgehead atoms. The number of carbonyl (C=O) groups is 1. The van der Waals surface area contributed by atoms with E-state index in [9.17, 15) is 4.79 Å². The van der Waals surface area contributed by atoms with Crippen LogP contribution in [-0.4, -0.2) is 89.3 Å². The largest absolute Gasteiger partial charge is 0.497 e. The standard InChI is InChI=1S/C26H34N8O2/c1-18-13-24(31-30-18)28-23-16-25(33-11-9-32(2)10-12-33)29-22(27-23)14-19-7-8-34(17-19)26(35)20-5-4-6-21(15-20)36-3/h4-6,13,15-16,19H,7-12,14,17H2,1-3H3,(H2,27,28,29,30,31). The van der Waals surface area contributed by atoms with Gasteiger partial charge in [-0.25, -0.2) is 9.97 Å². The summed E-state index contributed by atoms with van der Waals surface area (Å²) >= 11 is 0. The molecule has 1 amide bonds. The number of rotatable bonds is 7. The number of carbonyl (C=O) groups excluding carboxylic acids is 1. The Morgan fingerprint density at radius 3 is 2.69 bits per heavy atom. The highest BCUT2D eigenvalue weighted by atomic mass is 16.5. The lowest BCUT2D eigenvalue weighted by Crippen LogP contribution is -2.45. The van der Waals surface area contributed by atoms with E-state index in [1.165, 1.54) is 0 Å². The summed E-state index contributed by atoms with van der Waals surface area (Å²) in [5.41, 5.74) is 1.64. The number of ether oxygens (including phenoxy) is 1. The molecule has 2 aliphatic heterocycles. The summed E-state index contributed by atoms with van der Waals surface area (Å²) in [4.78, 5) is 29.4. The first kappa shape index (κ1) is 24.1. The molecule has 190 valence electrons. The molecule has 2 aromatic heterocycles. The summed E-state index contributed by atoms with van der Waals surface area (Å²) in [5, 5.41) is 10.6. The van der Waals surface area contributed by atoms with E-state index in [1.807, 2.05) is 42.2 Å². The van der Waals surface area contributed by atoms with Gasteiger partial charge in [-0.2, -0.15) is 5.10 Å². The highest BCUT2D eigenvalue weighted by Gasteiger charge is 2.28. The summed E-state index contributed by atoms with van der Waals surface area (Å²) in [7, 11) is 3.76. The number of amides is 1. The second-order valence-electron chi connectivity index (χ2n) is 9.72. The van der Waals surface area contributed by atoms with Gasteiger partial charge < -0.3 is 24.8 Å². The Morgan fingerprint density at radius 2 is 1.94 bits per heavy atom. The molecular weight excluding hydrogens is 456 g/mol. The Balaban J connectivity index is 1.31. The van der Waals surface area contributed by atoms with E-state index < -0.39 is 0 Å². The molecular formula is C26H34N8O2. The third kappa shape index (κ3) is 5.59. The summed E-state index contributed by atoms with van der Waals surface area (Å²) in [5.74, 6) is 4.24. The van der Waals surface area contributed by atoms with Gasteiger partial charge in [0.2, 0.25) is 0 Å². The van der Waals surface area contributed by atoms with Crippen molar-refractivity contribution in [2.24, 2.45) is 5.92 Å². The number of H-pyrrole nitrogens is 1. The predicted octanol–water partition coefficient (Wildman–Crippen LogP) is 2.72. The van der Waals surface area contributed by atoms with Gasteiger partial charge in [0.25, 0.3) is 5.91 Å². The van der Waals surface area contributed by atoms with Crippen LogP contribution in [0.2, 0.25) is 0 Å². The molecule has 2 saturated heterocycles. The maximum absolute atomic E-state index is 13.1. The number of likely N-dealkylation sites (N-methyl/N-ethyl adjacent to an activating group) is 1. The Labute approximate surface area is 211 Å². The molecule has 1 aromatic carbocycles. The normalized spacial score (nSPS) is 18.5. The number of benzene rings is 1. The van der Waals surface area contributed by atoms with Crippen molar-refractivity contribution >= 4 is 23.4 Å². The summed E-state index contributed by atoms with van der Waals surface area (Å²) in [6.07, 6.45) is 1.65. The van der Waals surface area contributed by atoms with Crippen LogP contribution >= 0.6 is 0 Å². The van der Waals surface area contributed by atoms with E-state index in [2.05, 4.69) is 32.4 Å². The van der Waals surface area contributed by atoms with E-state index in [-0.39, 0.29) is 5.91 Å². The minimum absolute atomic E-state index is 0.0414. The van der Waals surface area contributed by atoms with Gasteiger partial charge in [-0.1, -0.05) is 6.07 Å². The van der Waals surface area contributed by atoms with E-state index in [4.69, 9.17) is 14.7 Å². The summed E-state index contributed by atoms with van der Waals surface area (Å²) in [6.45, 7) is 7.27. The average molecular weight is 491 g/mol. The topological polar surface area (TPSA) is 103 Å². The quantitative estimate of drug-likeness (QED) is 0.521. The van der Waals surface area contributed by atoms with Crippen molar-refractivity contribution in [1.29, 1.82) is 0 Å². The van der Waals surface area contributed by atoms with Gasteiger partial charge in [-0.3, -0.25) is 9.89 Å². The van der Waals surface area contributed by atoms with Gasteiger partial charge in [0.15, 0.2) is 5.82 Å². The van der Waals surface area contributed by atoms with Crippen molar-refractivity contribution in [3.8, 4) is 5.75 Å². The van der Waals surface area contributed by atoms with Crippen LogP contribution in [0.4, 0.5) is 17.5 Å². The molecule has 1 atom stereocenters. The van der Waals surface area contributed by atoms with Crippen molar-refractivity contribution in [3.05, 3.63) is 53.5 Å². The summed E-state index contributed by atoms with van der Waals surface area (Å²) in [6, 6.07) is 11.3. The number of hydrogen-bond donors (Lipinski definition) is 2. The molecule has 0 aliphatic carbocycles. The first-order valence-corrected chi connectivity index (χ1v) is 12.5. The molecule has 36 heavy (non-hydrogen) atoms. The third-order valence-electron chi connectivity index (χ3n) is 6.91. The number of piperazine rings is 1. The van der Waals surface area contributed by atoms with Gasteiger partial charge in [0, 0.05) is 69.1 Å². The van der Waals surface area contributed by atoms with E-state index in [0.29, 0.717) is 23.8 Å². The molecule has 2 N–H and O–H groups in total. The lowest BCUT2D eigenvalue weighted by atomic mass is 10.0. The summed E-state index contributed by atoms with van der Waals surface area (Å²) < 4.78 is 5.28. The van der Waals surface area contributed by atoms with Crippen LogP contribution in [0.5, 0.6) is 5.75 Å². The second-order valence-corrected chi connectivity index (χ2v) is 9.72. The molecule has 2 aliphatic rings. The Bertz CT molecular complexity index is 1200. The molecule has 5 rings (SSSR count). The first-order valence-electron chi connectivity index (χ1n) is 12.5. The van der Waals surface area contributed by atoms with Gasteiger partial charge in [-0.05, 0) is 44.5 Å². The lowest BCUT2D eigenvalue weighted by molar-refractivity contribution is 0.0786. The Hall–Kier alpha value is -3.66. The number of aryl methyl sites for hydroxylation is 1. The predicted molar refractivity (Wildman–Crippen MR) is 139 cm³/mol. The average Bonchev–Trinajstić information content (AvgIpc) is 3.52. The Kier molecular flexibility index (Phi) is 7.04. The number of likely N-dealkylation sites (tertiary alicyclic amines) is 1. The number of anilines is 3. The highest BCUT2D eigenvalue weighted by Crippen LogP contribution is 2.26. The number of aromatic amines is 1. The minimum Gasteiger partial charge on any atom is -0.497 e. The molecule has 2 fully saturated rings. The van der Waals surface area contributed by atoms with Crippen LogP contribution < -0.4 is 15.0 Å². The van der Waals surface area contributed by atoms with Crippen molar-refractivity contribution in [3.63, 3.8) is 0 Å². The van der Waals surface area contributed by atoms with Gasteiger partial charge >= 0.3 is 0 Å². The zero-order valence-electron chi connectivity index (χ0n) is 21.2. The molecule has 0 radical (unpaired) electrons. The van der Waals surface area contributed by atoms with Crippen LogP contribution in [0.15, 0.2) is 36.4 Å². The van der Waals surface area contributed by atoms with Crippen LogP contribution in [0.3, 0.4) is 0 Å². The number of hydrogen-bond acceptors (Lipinski definition) is 8. The maximum Gasteiger partial charge on any atom is 0.253 e. The van der Waals surface area contributed by atoms with Crippen molar-refractivity contribution in [2.45, 2.75) is 19.8 Å². The Morgan fingerprint density at radius 1 is 1.11 bits per heavy atom. The molecule has 1 unspecified atom stereocenters. The van der Waals surface area contributed by atoms with E-state index in [0.717, 1.165) is 74.5 Å². The molecule has 3 aromatic rings. The number of methoxy groups -OCH3 is 1. The number of aromatic nitrogens is 4. The van der Waals surface area contributed by atoms with Crippen molar-refractivity contribution < 1.29 is 9.53 Å². The number of nitrogens with one attached hydrogen (secondary N) is 2. The van der Waals surface area contributed by atoms with E-state index >= 15 is 0 Å². The molecule has 0 saturated carbocycles. The SMILES string of the molecule is COc1cccc(C(=O)N2CCC(Cc3nc(Nc4cc(C)[nH]n4)cc(N4CCN(C)CC4)n3)C2)c1. The molecule has 0 spiro atoms. The van der Waals surface area contributed by atoms with E-state index in [1.54, 1.807) is 13.2 Å². The van der Waals surface area contributed by atoms with Crippen molar-refractivity contribution in [2.75, 3.05) is 63.6 Å². The molecule has 10 nitrogen and oxygen atoms in total. The fourth-order valence-electron chi connectivity index (χ4n) is 4.83. The van der Waals surface area contributed by atoms with Crippen LogP contribution in [0.1, 0.15) is 28.3 Å². The van der Waals surface area contributed by atoms with Crippen LogP contribution in [0, 0.1) is 12.8 Å². The first-order chi connectivity index (χ1) is 17.5. The lowest BCUT2D eigenvalue weighted by Gasteiger charge is -2.33. The van der Waals surface area contributed by atoms with Gasteiger partial charge in [0.05, 0.1) is 7.11 Å². The zero-order valence-corrected chi connectivity index (χ0v) is 21.2. The molecule has 4 heterocycles.